The van der Waals surface area contributed by atoms with Crippen LogP contribution in [0.1, 0.15) is 24.3 Å². The molecule has 2 unspecified atom stereocenters. The van der Waals surface area contributed by atoms with Crippen molar-refractivity contribution in [3.8, 4) is 5.75 Å². The molecule has 1 aromatic heterocycles. The standard InChI is InChI=1S/C14H14Cl2FNOS/c1-2-11(18)14(12-5-6-13(16)20-12)19-8-3-4-10(17)9(15)7-8/h3-7,11,14H,2,18H2,1H3. The Hall–Kier alpha value is -0.810. The maximum Gasteiger partial charge on any atom is 0.148 e. The Morgan fingerprint density at radius 2 is 2.05 bits per heavy atom. The number of rotatable bonds is 5. The van der Waals surface area contributed by atoms with Crippen LogP contribution in [-0.4, -0.2) is 6.04 Å². The third-order valence-corrected chi connectivity index (χ3v) is 4.47. The van der Waals surface area contributed by atoms with E-state index in [0.717, 1.165) is 11.3 Å². The lowest BCUT2D eigenvalue weighted by Gasteiger charge is -2.23. The molecule has 2 nitrogen and oxygen atoms in total. The highest BCUT2D eigenvalue weighted by molar-refractivity contribution is 7.16. The summed E-state index contributed by atoms with van der Waals surface area (Å²) in [6.07, 6.45) is 0.411. The molecule has 1 aromatic carbocycles. The van der Waals surface area contributed by atoms with Crippen LogP contribution in [0.4, 0.5) is 4.39 Å². The van der Waals surface area contributed by atoms with Crippen LogP contribution in [0.25, 0.3) is 0 Å². The fraction of sp³-hybridized carbons (Fsp3) is 0.286. The lowest BCUT2D eigenvalue weighted by Crippen LogP contribution is -2.30. The van der Waals surface area contributed by atoms with E-state index in [9.17, 15) is 4.39 Å². The van der Waals surface area contributed by atoms with Gasteiger partial charge in [0.05, 0.1) is 9.36 Å². The lowest BCUT2D eigenvalue weighted by molar-refractivity contribution is 0.174. The Kier molecular flexibility index (Phi) is 5.27. The molecule has 2 rings (SSSR count). The van der Waals surface area contributed by atoms with Gasteiger partial charge in [-0.25, -0.2) is 4.39 Å². The SMILES string of the molecule is CCC(N)C(Oc1ccc(F)c(Cl)c1)c1ccc(Cl)s1. The number of hydrogen-bond acceptors (Lipinski definition) is 3. The maximum absolute atomic E-state index is 13.2. The van der Waals surface area contributed by atoms with Gasteiger partial charge < -0.3 is 10.5 Å². The number of benzene rings is 1. The second-order valence-electron chi connectivity index (χ2n) is 4.33. The highest BCUT2D eigenvalue weighted by Gasteiger charge is 2.22. The van der Waals surface area contributed by atoms with Crippen LogP contribution < -0.4 is 10.5 Å². The molecule has 20 heavy (non-hydrogen) atoms. The zero-order valence-electron chi connectivity index (χ0n) is 10.8. The van der Waals surface area contributed by atoms with Gasteiger partial charge in [0.2, 0.25) is 0 Å². The summed E-state index contributed by atoms with van der Waals surface area (Å²) >= 11 is 13.1. The monoisotopic (exact) mass is 333 g/mol. The molecular formula is C14H14Cl2FNOS. The van der Waals surface area contributed by atoms with Crippen molar-refractivity contribution >= 4 is 34.5 Å². The summed E-state index contributed by atoms with van der Waals surface area (Å²) in [5, 5.41) is 0.0236. The first-order valence-corrected chi connectivity index (χ1v) is 7.71. The summed E-state index contributed by atoms with van der Waals surface area (Å²) < 4.78 is 19.7. The zero-order valence-corrected chi connectivity index (χ0v) is 13.1. The number of thiophene rings is 1. The molecule has 0 spiro atoms. The van der Waals surface area contributed by atoms with Crippen LogP contribution in [0.2, 0.25) is 9.36 Å². The van der Waals surface area contributed by atoms with E-state index in [-0.39, 0.29) is 17.2 Å². The summed E-state index contributed by atoms with van der Waals surface area (Å²) in [6.45, 7) is 1.98. The van der Waals surface area contributed by atoms with Crippen molar-refractivity contribution in [3.63, 3.8) is 0 Å². The number of halogens is 3. The molecule has 0 bridgehead atoms. The number of nitrogens with two attached hydrogens (primary N) is 1. The normalized spacial score (nSPS) is 14.1. The van der Waals surface area contributed by atoms with Crippen molar-refractivity contribution in [1.82, 2.24) is 0 Å². The quantitative estimate of drug-likeness (QED) is 0.830. The van der Waals surface area contributed by atoms with Gasteiger partial charge >= 0.3 is 0 Å². The van der Waals surface area contributed by atoms with Crippen LogP contribution in [0, 0.1) is 5.82 Å². The minimum absolute atomic E-state index is 0.0236. The second-order valence-corrected chi connectivity index (χ2v) is 6.48. The fourth-order valence-corrected chi connectivity index (χ4v) is 3.09. The number of ether oxygens (including phenoxy) is 1. The molecule has 2 aromatic rings. The molecule has 1 heterocycles. The van der Waals surface area contributed by atoms with E-state index in [1.165, 1.54) is 29.5 Å². The van der Waals surface area contributed by atoms with E-state index in [1.54, 1.807) is 6.07 Å². The van der Waals surface area contributed by atoms with Crippen molar-refractivity contribution in [2.24, 2.45) is 5.73 Å². The highest BCUT2D eigenvalue weighted by Crippen LogP contribution is 2.33. The first-order chi connectivity index (χ1) is 9.51. The molecule has 108 valence electrons. The third kappa shape index (κ3) is 3.64. The minimum Gasteiger partial charge on any atom is -0.483 e. The smallest absolute Gasteiger partial charge is 0.148 e. The predicted molar refractivity (Wildman–Crippen MR) is 82.4 cm³/mol. The van der Waals surface area contributed by atoms with Crippen LogP contribution >= 0.6 is 34.5 Å². The molecule has 0 aliphatic carbocycles. The van der Waals surface area contributed by atoms with E-state index in [2.05, 4.69) is 0 Å². The van der Waals surface area contributed by atoms with Gasteiger partial charge in [-0.3, -0.25) is 0 Å². The highest BCUT2D eigenvalue weighted by atomic mass is 35.5. The van der Waals surface area contributed by atoms with Crippen molar-refractivity contribution in [2.75, 3.05) is 0 Å². The van der Waals surface area contributed by atoms with Gasteiger partial charge in [0.15, 0.2) is 0 Å². The van der Waals surface area contributed by atoms with Crippen molar-refractivity contribution in [2.45, 2.75) is 25.5 Å². The van der Waals surface area contributed by atoms with Gasteiger partial charge in [-0.05, 0) is 30.7 Å². The summed E-state index contributed by atoms with van der Waals surface area (Å²) in [4.78, 5) is 0.935. The molecule has 0 saturated carbocycles. The van der Waals surface area contributed by atoms with Crippen molar-refractivity contribution in [1.29, 1.82) is 0 Å². The van der Waals surface area contributed by atoms with Gasteiger partial charge in [0.1, 0.15) is 17.7 Å². The summed E-state index contributed by atoms with van der Waals surface area (Å²) in [5.41, 5.74) is 6.11. The fourth-order valence-electron chi connectivity index (χ4n) is 1.75. The molecule has 6 heteroatoms. The van der Waals surface area contributed by atoms with Gasteiger partial charge in [0, 0.05) is 17.0 Å². The Morgan fingerprint density at radius 1 is 1.30 bits per heavy atom. The van der Waals surface area contributed by atoms with Gasteiger partial charge in [0.25, 0.3) is 0 Å². The minimum atomic E-state index is -0.477. The summed E-state index contributed by atoms with van der Waals surface area (Å²) in [5.74, 6) is 0.00403. The average molecular weight is 334 g/mol. The average Bonchev–Trinajstić information content (AvgIpc) is 2.85. The molecule has 0 aliphatic heterocycles. The summed E-state index contributed by atoms with van der Waals surface area (Å²) in [7, 11) is 0. The van der Waals surface area contributed by atoms with E-state index >= 15 is 0 Å². The van der Waals surface area contributed by atoms with E-state index < -0.39 is 5.82 Å². The molecule has 0 radical (unpaired) electrons. The van der Waals surface area contributed by atoms with Crippen LogP contribution in [0.3, 0.4) is 0 Å². The van der Waals surface area contributed by atoms with E-state index in [0.29, 0.717) is 10.1 Å². The molecule has 0 fully saturated rings. The number of hydrogen-bond donors (Lipinski definition) is 1. The van der Waals surface area contributed by atoms with E-state index in [1.807, 2.05) is 13.0 Å². The van der Waals surface area contributed by atoms with Crippen LogP contribution in [-0.2, 0) is 0 Å². The van der Waals surface area contributed by atoms with Crippen molar-refractivity contribution < 1.29 is 9.13 Å². The van der Waals surface area contributed by atoms with Gasteiger partial charge in [-0.15, -0.1) is 11.3 Å². The molecule has 0 aliphatic rings. The zero-order chi connectivity index (χ0) is 14.7. The first kappa shape index (κ1) is 15.6. The predicted octanol–water partition coefficient (Wildman–Crippen LogP) is 5.05. The van der Waals surface area contributed by atoms with Crippen LogP contribution in [0.5, 0.6) is 5.75 Å². The summed E-state index contributed by atoms with van der Waals surface area (Å²) in [6, 6.07) is 7.76. The molecule has 0 amide bonds. The third-order valence-electron chi connectivity index (χ3n) is 2.89. The maximum atomic E-state index is 13.2. The molecule has 0 saturated heterocycles. The van der Waals surface area contributed by atoms with E-state index in [4.69, 9.17) is 33.7 Å². The van der Waals surface area contributed by atoms with Gasteiger partial charge in [-0.1, -0.05) is 30.1 Å². The Morgan fingerprint density at radius 3 is 2.60 bits per heavy atom. The lowest BCUT2D eigenvalue weighted by atomic mass is 10.1. The first-order valence-electron chi connectivity index (χ1n) is 6.13. The topological polar surface area (TPSA) is 35.2 Å². The largest absolute Gasteiger partial charge is 0.483 e. The van der Waals surface area contributed by atoms with Crippen molar-refractivity contribution in [3.05, 3.63) is 50.4 Å². The van der Waals surface area contributed by atoms with Gasteiger partial charge in [-0.2, -0.15) is 0 Å². The Balaban J connectivity index is 2.25. The Bertz CT molecular complexity index is 590. The second kappa shape index (κ2) is 6.76. The molecular weight excluding hydrogens is 320 g/mol. The molecule has 2 atom stereocenters. The van der Waals surface area contributed by atoms with Crippen LogP contribution in [0.15, 0.2) is 30.3 Å². The molecule has 2 N–H and O–H groups in total. The Labute approximate surface area is 131 Å².